The summed E-state index contributed by atoms with van der Waals surface area (Å²) in [6.45, 7) is 2.13. The topological polar surface area (TPSA) is 55.4 Å². The van der Waals surface area contributed by atoms with Crippen LogP contribution in [0.4, 0.5) is 5.00 Å². The molecule has 0 atom stereocenters. The van der Waals surface area contributed by atoms with Gasteiger partial charge in [-0.1, -0.05) is 42.5 Å². The number of carbonyl (C=O) groups is 2. The Labute approximate surface area is 168 Å². The van der Waals surface area contributed by atoms with Crippen LogP contribution in [-0.4, -0.2) is 18.5 Å². The number of anilines is 1. The molecule has 0 saturated carbocycles. The average Bonchev–Trinajstić information content (AvgIpc) is 3.05. The van der Waals surface area contributed by atoms with Gasteiger partial charge >= 0.3 is 5.97 Å². The van der Waals surface area contributed by atoms with Gasteiger partial charge < -0.3 is 10.1 Å². The Balaban J connectivity index is 1.56. The van der Waals surface area contributed by atoms with E-state index in [2.05, 4.69) is 11.4 Å². The SMILES string of the molecule is CCOC(=O)c1c(NC(=O)Cc2ccc3ccccc3c2)sc2c1CCCC2. The molecule has 0 fully saturated rings. The summed E-state index contributed by atoms with van der Waals surface area (Å²) in [5.74, 6) is -0.442. The number of amides is 1. The van der Waals surface area contributed by atoms with Crippen LogP contribution in [0.2, 0.25) is 0 Å². The number of hydrogen-bond acceptors (Lipinski definition) is 4. The highest BCUT2D eigenvalue weighted by atomic mass is 32.1. The first-order chi connectivity index (χ1) is 13.7. The Kier molecular flexibility index (Phi) is 5.44. The van der Waals surface area contributed by atoms with Crippen LogP contribution < -0.4 is 5.32 Å². The van der Waals surface area contributed by atoms with Crippen LogP contribution in [0.15, 0.2) is 42.5 Å². The number of benzene rings is 2. The number of thiophene rings is 1. The highest BCUT2D eigenvalue weighted by Gasteiger charge is 2.27. The Morgan fingerprint density at radius 2 is 1.86 bits per heavy atom. The lowest BCUT2D eigenvalue weighted by molar-refractivity contribution is -0.115. The van der Waals surface area contributed by atoms with Crippen LogP contribution in [0.1, 0.15) is 46.1 Å². The first-order valence-corrected chi connectivity index (χ1v) is 10.6. The third-order valence-corrected chi connectivity index (χ3v) is 6.29. The zero-order valence-corrected chi connectivity index (χ0v) is 16.7. The van der Waals surface area contributed by atoms with Gasteiger partial charge in [0.25, 0.3) is 0 Å². The summed E-state index contributed by atoms with van der Waals surface area (Å²) in [6.07, 6.45) is 4.31. The van der Waals surface area contributed by atoms with Crippen molar-refractivity contribution in [3.63, 3.8) is 0 Å². The molecular formula is C23H23NO3S. The number of ether oxygens (including phenoxy) is 1. The molecule has 0 bridgehead atoms. The van der Waals surface area contributed by atoms with Crippen molar-refractivity contribution in [2.75, 3.05) is 11.9 Å². The van der Waals surface area contributed by atoms with Crippen molar-refractivity contribution in [3.05, 3.63) is 64.0 Å². The van der Waals surface area contributed by atoms with E-state index >= 15 is 0 Å². The van der Waals surface area contributed by atoms with Gasteiger partial charge in [-0.25, -0.2) is 4.79 Å². The molecule has 1 aliphatic rings. The van der Waals surface area contributed by atoms with Gasteiger partial charge in [-0.05, 0) is 54.5 Å². The molecule has 0 saturated heterocycles. The molecule has 1 heterocycles. The van der Waals surface area contributed by atoms with E-state index < -0.39 is 0 Å². The third kappa shape index (κ3) is 3.80. The Morgan fingerprint density at radius 3 is 2.68 bits per heavy atom. The maximum atomic E-state index is 12.7. The van der Waals surface area contributed by atoms with Crippen molar-refractivity contribution in [2.24, 2.45) is 0 Å². The maximum absolute atomic E-state index is 12.7. The lowest BCUT2D eigenvalue weighted by atomic mass is 9.95. The van der Waals surface area contributed by atoms with Gasteiger partial charge in [0.15, 0.2) is 0 Å². The zero-order valence-electron chi connectivity index (χ0n) is 15.9. The first-order valence-electron chi connectivity index (χ1n) is 9.75. The van der Waals surface area contributed by atoms with Gasteiger partial charge in [-0.3, -0.25) is 4.79 Å². The standard InChI is InChI=1S/C23H23NO3S/c1-2-27-23(26)21-18-9-5-6-10-19(18)28-22(21)24-20(25)14-15-11-12-16-7-3-4-8-17(16)13-15/h3-4,7-8,11-13H,2,5-6,9-10,14H2,1H3,(H,24,25). The second-order valence-electron chi connectivity index (χ2n) is 7.04. The molecule has 0 aliphatic heterocycles. The van der Waals surface area contributed by atoms with Crippen molar-refractivity contribution in [2.45, 2.75) is 39.0 Å². The summed E-state index contributed by atoms with van der Waals surface area (Å²) in [7, 11) is 0. The van der Waals surface area contributed by atoms with Crippen LogP contribution >= 0.6 is 11.3 Å². The minimum atomic E-state index is -0.331. The summed E-state index contributed by atoms with van der Waals surface area (Å²) in [5, 5.41) is 5.89. The van der Waals surface area contributed by atoms with Gasteiger partial charge in [0.1, 0.15) is 5.00 Å². The number of nitrogens with one attached hydrogen (secondary N) is 1. The molecule has 28 heavy (non-hydrogen) atoms. The van der Waals surface area contributed by atoms with E-state index in [1.54, 1.807) is 6.92 Å². The number of carbonyl (C=O) groups excluding carboxylic acids is 2. The lowest BCUT2D eigenvalue weighted by Crippen LogP contribution is -2.17. The average molecular weight is 394 g/mol. The smallest absolute Gasteiger partial charge is 0.341 e. The van der Waals surface area contributed by atoms with Gasteiger partial charge in [-0.2, -0.15) is 0 Å². The van der Waals surface area contributed by atoms with Crippen molar-refractivity contribution in [1.29, 1.82) is 0 Å². The zero-order chi connectivity index (χ0) is 19.5. The predicted molar refractivity (Wildman–Crippen MR) is 113 cm³/mol. The molecule has 0 spiro atoms. The van der Waals surface area contributed by atoms with E-state index in [4.69, 9.17) is 4.74 Å². The third-order valence-electron chi connectivity index (χ3n) is 5.08. The summed E-state index contributed by atoms with van der Waals surface area (Å²) in [4.78, 5) is 26.4. The number of aryl methyl sites for hydroxylation is 1. The summed E-state index contributed by atoms with van der Waals surface area (Å²) in [6, 6.07) is 14.2. The molecule has 4 rings (SSSR count). The van der Waals surface area contributed by atoms with Crippen molar-refractivity contribution < 1.29 is 14.3 Å². The van der Waals surface area contributed by atoms with Crippen LogP contribution in [0, 0.1) is 0 Å². The monoisotopic (exact) mass is 393 g/mol. The van der Waals surface area contributed by atoms with Crippen LogP contribution in [-0.2, 0) is 28.8 Å². The van der Waals surface area contributed by atoms with Crippen LogP contribution in [0.5, 0.6) is 0 Å². The number of fused-ring (bicyclic) bond motifs is 2. The van der Waals surface area contributed by atoms with Gasteiger partial charge in [0.05, 0.1) is 18.6 Å². The van der Waals surface area contributed by atoms with Crippen LogP contribution in [0.25, 0.3) is 10.8 Å². The molecule has 0 unspecified atom stereocenters. The molecule has 1 aromatic heterocycles. The normalized spacial score (nSPS) is 13.2. The number of esters is 1. The van der Waals surface area contributed by atoms with Gasteiger partial charge in [0.2, 0.25) is 5.91 Å². The van der Waals surface area contributed by atoms with E-state index in [-0.39, 0.29) is 18.3 Å². The highest BCUT2D eigenvalue weighted by Crippen LogP contribution is 2.38. The summed E-state index contributed by atoms with van der Waals surface area (Å²) >= 11 is 1.52. The first kappa shape index (κ1) is 18.7. The molecule has 0 radical (unpaired) electrons. The Bertz CT molecular complexity index is 1040. The molecule has 2 aromatic carbocycles. The summed E-state index contributed by atoms with van der Waals surface area (Å²) in [5.41, 5.74) is 2.58. The fourth-order valence-corrected chi connectivity index (χ4v) is 5.07. The van der Waals surface area contributed by atoms with E-state index in [0.29, 0.717) is 17.2 Å². The molecular weight excluding hydrogens is 370 g/mol. The number of rotatable bonds is 5. The fourth-order valence-electron chi connectivity index (χ4n) is 3.78. The van der Waals surface area contributed by atoms with E-state index in [1.807, 2.05) is 36.4 Å². The van der Waals surface area contributed by atoms with Gasteiger partial charge in [0, 0.05) is 4.88 Å². The maximum Gasteiger partial charge on any atom is 0.341 e. The molecule has 1 amide bonds. The predicted octanol–water partition coefficient (Wildman–Crippen LogP) is 5.14. The Hall–Kier alpha value is -2.66. The second kappa shape index (κ2) is 8.15. The fraction of sp³-hybridized carbons (Fsp3) is 0.304. The van der Waals surface area contributed by atoms with Crippen molar-refractivity contribution in [1.82, 2.24) is 0 Å². The molecule has 5 heteroatoms. The molecule has 144 valence electrons. The Morgan fingerprint density at radius 1 is 1.07 bits per heavy atom. The van der Waals surface area contributed by atoms with Crippen molar-refractivity contribution >= 4 is 39.0 Å². The number of hydrogen-bond donors (Lipinski definition) is 1. The highest BCUT2D eigenvalue weighted by molar-refractivity contribution is 7.17. The minimum absolute atomic E-state index is 0.112. The second-order valence-corrected chi connectivity index (χ2v) is 8.15. The van der Waals surface area contributed by atoms with Gasteiger partial charge in [-0.15, -0.1) is 11.3 Å². The quantitative estimate of drug-likeness (QED) is 0.611. The van der Waals surface area contributed by atoms with Crippen molar-refractivity contribution in [3.8, 4) is 0 Å². The molecule has 4 nitrogen and oxygen atoms in total. The van der Waals surface area contributed by atoms with E-state index in [9.17, 15) is 9.59 Å². The summed E-state index contributed by atoms with van der Waals surface area (Å²) < 4.78 is 5.26. The lowest BCUT2D eigenvalue weighted by Gasteiger charge is -2.12. The molecule has 1 aliphatic carbocycles. The molecule has 1 N–H and O–H groups in total. The van der Waals surface area contributed by atoms with E-state index in [0.717, 1.165) is 47.6 Å². The van der Waals surface area contributed by atoms with E-state index in [1.165, 1.54) is 16.2 Å². The largest absolute Gasteiger partial charge is 0.462 e. The molecule has 3 aromatic rings. The minimum Gasteiger partial charge on any atom is -0.462 e. The van der Waals surface area contributed by atoms with Crippen LogP contribution in [0.3, 0.4) is 0 Å².